The molecule has 2 rings (SSSR count). The molecule has 2 fully saturated rings. The minimum atomic E-state index is -0.0888. The molecule has 5 nitrogen and oxygen atoms in total. The molecule has 0 aromatic carbocycles. The van der Waals surface area contributed by atoms with E-state index in [1.807, 2.05) is 4.90 Å². The second kappa shape index (κ2) is 5.69. The Hall–Kier alpha value is -0.810. The smallest absolute Gasteiger partial charge is 0.317 e. The van der Waals surface area contributed by atoms with Crippen LogP contribution in [0.2, 0.25) is 0 Å². The summed E-state index contributed by atoms with van der Waals surface area (Å²) >= 11 is 0. The largest absolute Gasteiger partial charge is 0.394 e. The summed E-state index contributed by atoms with van der Waals surface area (Å²) in [5, 5.41) is 15.8. The first-order valence-electron chi connectivity index (χ1n) is 6.64. The highest BCUT2D eigenvalue weighted by Crippen LogP contribution is 2.27. The van der Waals surface area contributed by atoms with Gasteiger partial charge in [-0.3, -0.25) is 0 Å². The molecular formula is C12H23N3O2. The molecule has 0 aromatic rings. The van der Waals surface area contributed by atoms with Crippen LogP contribution in [0.3, 0.4) is 0 Å². The van der Waals surface area contributed by atoms with Crippen LogP contribution in [0.1, 0.15) is 32.1 Å². The lowest BCUT2D eigenvalue weighted by Gasteiger charge is -2.37. The molecule has 1 heterocycles. The Kier molecular flexibility index (Phi) is 4.23. The van der Waals surface area contributed by atoms with E-state index in [4.69, 9.17) is 0 Å². The standard InChI is InChI=1S/C12H23N3O2/c16-10-12(4-2-1-3-5-12)14-7-9-15-8-6-13-11(15)17/h14,16H,1-10H2,(H,13,17). The average Bonchev–Trinajstić information content (AvgIpc) is 2.76. The Labute approximate surface area is 103 Å². The Bertz CT molecular complexity index is 264. The average molecular weight is 241 g/mol. The van der Waals surface area contributed by atoms with Gasteiger partial charge in [-0.2, -0.15) is 0 Å². The van der Waals surface area contributed by atoms with Crippen molar-refractivity contribution in [1.82, 2.24) is 15.5 Å². The molecule has 0 spiro atoms. The quantitative estimate of drug-likeness (QED) is 0.648. The minimum Gasteiger partial charge on any atom is -0.394 e. The summed E-state index contributed by atoms with van der Waals surface area (Å²) in [4.78, 5) is 13.2. The van der Waals surface area contributed by atoms with Gasteiger partial charge < -0.3 is 20.6 Å². The normalized spacial score (nSPS) is 23.8. The van der Waals surface area contributed by atoms with E-state index in [1.54, 1.807) is 0 Å². The molecule has 5 heteroatoms. The Morgan fingerprint density at radius 3 is 2.71 bits per heavy atom. The van der Waals surface area contributed by atoms with Gasteiger partial charge in [0.2, 0.25) is 0 Å². The van der Waals surface area contributed by atoms with Gasteiger partial charge in [-0.25, -0.2) is 4.79 Å². The van der Waals surface area contributed by atoms with E-state index >= 15 is 0 Å². The van der Waals surface area contributed by atoms with Gasteiger partial charge in [0.25, 0.3) is 0 Å². The number of amides is 2. The number of aliphatic hydroxyl groups excluding tert-OH is 1. The number of hydrogen-bond acceptors (Lipinski definition) is 3. The van der Waals surface area contributed by atoms with Gasteiger partial charge in [0.15, 0.2) is 0 Å². The highest BCUT2D eigenvalue weighted by atomic mass is 16.3. The summed E-state index contributed by atoms with van der Waals surface area (Å²) in [7, 11) is 0. The fourth-order valence-corrected chi connectivity index (χ4v) is 2.80. The zero-order valence-corrected chi connectivity index (χ0v) is 10.4. The van der Waals surface area contributed by atoms with Crippen LogP contribution >= 0.6 is 0 Å². The molecule has 1 saturated heterocycles. The van der Waals surface area contributed by atoms with Gasteiger partial charge in [-0.05, 0) is 12.8 Å². The van der Waals surface area contributed by atoms with Crippen LogP contribution in [-0.4, -0.2) is 54.4 Å². The Morgan fingerprint density at radius 1 is 1.35 bits per heavy atom. The molecule has 1 aliphatic heterocycles. The first-order valence-corrected chi connectivity index (χ1v) is 6.64. The highest BCUT2D eigenvalue weighted by molar-refractivity contribution is 5.76. The van der Waals surface area contributed by atoms with Crippen molar-refractivity contribution in [2.75, 3.05) is 32.8 Å². The van der Waals surface area contributed by atoms with E-state index < -0.39 is 0 Å². The zero-order chi connectivity index (χ0) is 12.1. The van der Waals surface area contributed by atoms with Crippen LogP contribution in [-0.2, 0) is 0 Å². The SMILES string of the molecule is O=C1NCCN1CCNC1(CO)CCCCC1. The Balaban J connectivity index is 1.74. The fraction of sp³-hybridized carbons (Fsp3) is 0.917. The third kappa shape index (κ3) is 3.10. The van der Waals surface area contributed by atoms with Crippen molar-refractivity contribution in [2.45, 2.75) is 37.6 Å². The molecule has 2 aliphatic rings. The van der Waals surface area contributed by atoms with Gasteiger partial charge in [0.1, 0.15) is 0 Å². The molecule has 0 bridgehead atoms. The van der Waals surface area contributed by atoms with Crippen LogP contribution in [0.15, 0.2) is 0 Å². The molecule has 1 aliphatic carbocycles. The lowest BCUT2D eigenvalue weighted by atomic mass is 9.82. The highest BCUT2D eigenvalue weighted by Gasteiger charge is 2.30. The first kappa shape index (κ1) is 12.6. The van der Waals surface area contributed by atoms with Crippen molar-refractivity contribution in [3.05, 3.63) is 0 Å². The van der Waals surface area contributed by atoms with Gasteiger partial charge >= 0.3 is 6.03 Å². The summed E-state index contributed by atoms with van der Waals surface area (Å²) < 4.78 is 0. The molecule has 3 N–H and O–H groups in total. The summed E-state index contributed by atoms with van der Waals surface area (Å²) in [5.41, 5.74) is -0.0888. The monoisotopic (exact) mass is 241 g/mol. The van der Waals surface area contributed by atoms with E-state index in [2.05, 4.69) is 10.6 Å². The molecule has 0 atom stereocenters. The third-order valence-corrected chi connectivity index (χ3v) is 3.94. The summed E-state index contributed by atoms with van der Waals surface area (Å²) in [6, 6.07) is 0.0356. The van der Waals surface area contributed by atoms with Gasteiger partial charge in [0.05, 0.1) is 6.61 Å². The van der Waals surface area contributed by atoms with Crippen LogP contribution < -0.4 is 10.6 Å². The number of nitrogens with zero attached hydrogens (tertiary/aromatic N) is 1. The first-order chi connectivity index (χ1) is 8.26. The lowest BCUT2D eigenvalue weighted by molar-refractivity contribution is 0.119. The zero-order valence-electron chi connectivity index (χ0n) is 10.4. The fourth-order valence-electron chi connectivity index (χ4n) is 2.80. The second-order valence-corrected chi connectivity index (χ2v) is 5.14. The van der Waals surface area contributed by atoms with E-state index in [-0.39, 0.29) is 18.2 Å². The maximum absolute atomic E-state index is 11.3. The molecule has 0 unspecified atom stereocenters. The predicted molar refractivity (Wildman–Crippen MR) is 65.9 cm³/mol. The number of carbonyl (C=O) groups is 1. The maximum Gasteiger partial charge on any atom is 0.317 e. The number of carbonyl (C=O) groups excluding carboxylic acids is 1. The van der Waals surface area contributed by atoms with Gasteiger partial charge in [-0.15, -0.1) is 0 Å². The van der Waals surface area contributed by atoms with E-state index in [9.17, 15) is 9.90 Å². The van der Waals surface area contributed by atoms with Crippen LogP contribution in [0.25, 0.3) is 0 Å². The maximum atomic E-state index is 11.3. The number of aliphatic hydroxyl groups is 1. The predicted octanol–water partition coefficient (Wildman–Crippen LogP) is 0.296. The van der Waals surface area contributed by atoms with Crippen LogP contribution in [0.5, 0.6) is 0 Å². The number of rotatable bonds is 5. The molecule has 1 saturated carbocycles. The van der Waals surface area contributed by atoms with Gasteiger partial charge in [-0.1, -0.05) is 19.3 Å². The lowest BCUT2D eigenvalue weighted by Crippen LogP contribution is -2.52. The molecule has 0 aromatic heterocycles. The summed E-state index contributed by atoms with van der Waals surface area (Å²) in [6.07, 6.45) is 5.76. The number of urea groups is 1. The third-order valence-electron chi connectivity index (χ3n) is 3.94. The molecule has 0 radical (unpaired) electrons. The summed E-state index contributed by atoms with van der Waals surface area (Å²) in [6.45, 7) is 3.26. The van der Waals surface area contributed by atoms with Crippen molar-refractivity contribution in [1.29, 1.82) is 0 Å². The van der Waals surface area contributed by atoms with Crippen LogP contribution in [0.4, 0.5) is 4.79 Å². The van der Waals surface area contributed by atoms with Crippen molar-refractivity contribution in [3.63, 3.8) is 0 Å². The topological polar surface area (TPSA) is 64.6 Å². The van der Waals surface area contributed by atoms with E-state index in [0.29, 0.717) is 0 Å². The van der Waals surface area contributed by atoms with E-state index in [0.717, 1.165) is 39.0 Å². The van der Waals surface area contributed by atoms with Crippen molar-refractivity contribution in [2.24, 2.45) is 0 Å². The van der Waals surface area contributed by atoms with E-state index in [1.165, 1.54) is 19.3 Å². The van der Waals surface area contributed by atoms with Crippen LogP contribution in [0, 0.1) is 0 Å². The van der Waals surface area contributed by atoms with Gasteiger partial charge in [0, 0.05) is 31.7 Å². The van der Waals surface area contributed by atoms with Crippen molar-refractivity contribution < 1.29 is 9.90 Å². The number of nitrogens with one attached hydrogen (secondary N) is 2. The second-order valence-electron chi connectivity index (χ2n) is 5.14. The number of hydrogen-bond donors (Lipinski definition) is 3. The minimum absolute atomic E-state index is 0.0356. The Morgan fingerprint density at radius 2 is 2.12 bits per heavy atom. The molecular weight excluding hydrogens is 218 g/mol. The molecule has 2 amide bonds. The molecule has 98 valence electrons. The summed E-state index contributed by atoms with van der Waals surface area (Å²) in [5.74, 6) is 0. The molecule has 17 heavy (non-hydrogen) atoms. The van der Waals surface area contributed by atoms with Crippen molar-refractivity contribution >= 4 is 6.03 Å². The van der Waals surface area contributed by atoms with Crippen molar-refractivity contribution in [3.8, 4) is 0 Å².